The second-order valence-corrected chi connectivity index (χ2v) is 5.17. The minimum Gasteiger partial charge on any atom is -0.379 e. The summed E-state index contributed by atoms with van der Waals surface area (Å²) < 4.78 is 5.45. The highest BCUT2D eigenvalue weighted by atomic mass is 16.5. The molecule has 0 aromatic rings. The second-order valence-electron chi connectivity index (χ2n) is 5.17. The number of nitrogens with one attached hydrogen (secondary N) is 1. The molecule has 1 aliphatic rings. The molecule has 1 atom stereocenters. The molecule has 1 aliphatic carbocycles. The first-order valence-electron chi connectivity index (χ1n) is 5.80. The Labute approximate surface area is 88.4 Å². The maximum absolute atomic E-state index is 5.45. The fraction of sp³-hybridized carbons (Fsp3) is 1.00. The van der Waals surface area contributed by atoms with Gasteiger partial charge in [-0.3, -0.25) is 0 Å². The van der Waals surface area contributed by atoms with Gasteiger partial charge in [0.05, 0.1) is 5.60 Å². The maximum atomic E-state index is 5.45. The molecule has 2 nitrogen and oxygen atoms in total. The quantitative estimate of drug-likeness (QED) is 0.680. The van der Waals surface area contributed by atoms with Crippen LogP contribution in [0.25, 0.3) is 0 Å². The first-order chi connectivity index (χ1) is 6.57. The van der Waals surface area contributed by atoms with Crippen molar-refractivity contribution in [2.45, 2.75) is 57.6 Å². The standard InChI is InChI=1S/C12H25NO/c1-12(2,14-4)9-11(13-3)8-7-10-5-6-10/h10-11,13H,5-9H2,1-4H3. The summed E-state index contributed by atoms with van der Waals surface area (Å²) in [7, 11) is 3.86. The van der Waals surface area contributed by atoms with Crippen LogP contribution in [0.15, 0.2) is 0 Å². The number of hydrogen-bond donors (Lipinski definition) is 1. The van der Waals surface area contributed by atoms with E-state index in [0.29, 0.717) is 6.04 Å². The summed E-state index contributed by atoms with van der Waals surface area (Å²) in [5.74, 6) is 1.04. The van der Waals surface area contributed by atoms with E-state index >= 15 is 0 Å². The molecular formula is C12H25NO. The first kappa shape index (κ1) is 12.0. The Morgan fingerprint density at radius 2 is 2.07 bits per heavy atom. The Balaban J connectivity index is 2.21. The van der Waals surface area contributed by atoms with Crippen molar-refractivity contribution in [3.05, 3.63) is 0 Å². The number of methoxy groups -OCH3 is 1. The van der Waals surface area contributed by atoms with E-state index in [2.05, 4.69) is 26.2 Å². The van der Waals surface area contributed by atoms with Crippen molar-refractivity contribution in [2.75, 3.05) is 14.2 Å². The van der Waals surface area contributed by atoms with E-state index < -0.39 is 0 Å². The molecule has 0 aromatic heterocycles. The highest BCUT2D eigenvalue weighted by molar-refractivity contribution is 4.81. The monoisotopic (exact) mass is 199 g/mol. The van der Waals surface area contributed by atoms with Crippen LogP contribution in [-0.4, -0.2) is 25.8 Å². The molecule has 1 unspecified atom stereocenters. The zero-order valence-electron chi connectivity index (χ0n) is 10.1. The highest BCUT2D eigenvalue weighted by Crippen LogP contribution is 2.34. The molecule has 2 heteroatoms. The van der Waals surface area contributed by atoms with Gasteiger partial charge in [0, 0.05) is 13.2 Å². The number of ether oxygens (including phenoxy) is 1. The Bertz CT molecular complexity index is 164. The van der Waals surface area contributed by atoms with Gasteiger partial charge in [-0.2, -0.15) is 0 Å². The van der Waals surface area contributed by atoms with Crippen molar-refractivity contribution >= 4 is 0 Å². The van der Waals surface area contributed by atoms with E-state index in [0.717, 1.165) is 12.3 Å². The molecule has 0 radical (unpaired) electrons. The third-order valence-electron chi connectivity index (χ3n) is 3.32. The smallest absolute Gasteiger partial charge is 0.0637 e. The molecule has 14 heavy (non-hydrogen) atoms. The van der Waals surface area contributed by atoms with Gasteiger partial charge in [0.15, 0.2) is 0 Å². The van der Waals surface area contributed by atoms with Crippen molar-refractivity contribution in [1.29, 1.82) is 0 Å². The molecule has 0 bridgehead atoms. The highest BCUT2D eigenvalue weighted by Gasteiger charge is 2.25. The average Bonchev–Trinajstić information content (AvgIpc) is 2.95. The molecule has 84 valence electrons. The molecule has 1 saturated carbocycles. The molecule has 1 rings (SSSR count). The van der Waals surface area contributed by atoms with Gasteiger partial charge < -0.3 is 10.1 Å². The van der Waals surface area contributed by atoms with E-state index in [4.69, 9.17) is 4.74 Å². The van der Waals surface area contributed by atoms with Gasteiger partial charge in [0.2, 0.25) is 0 Å². The predicted octanol–water partition coefficient (Wildman–Crippen LogP) is 2.58. The van der Waals surface area contributed by atoms with Crippen LogP contribution >= 0.6 is 0 Å². The fourth-order valence-corrected chi connectivity index (χ4v) is 1.87. The van der Waals surface area contributed by atoms with Crippen molar-refractivity contribution in [1.82, 2.24) is 5.32 Å². The van der Waals surface area contributed by atoms with Crippen LogP contribution in [0.5, 0.6) is 0 Å². The van der Waals surface area contributed by atoms with Gasteiger partial charge in [-0.15, -0.1) is 0 Å². The van der Waals surface area contributed by atoms with Crippen LogP contribution in [0.3, 0.4) is 0 Å². The Morgan fingerprint density at radius 3 is 2.50 bits per heavy atom. The van der Waals surface area contributed by atoms with Crippen LogP contribution in [-0.2, 0) is 4.74 Å². The largest absolute Gasteiger partial charge is 0.379 e. The van der Waals surface area contributed by atoms with Gasteiger partial charge in [-0.25, -0.2) is 0 Å². The van der Waals surface area contributed by atoms with Crippen molar-refractivity contribution in [3.63, 3.8) is 0 Å². The lowest BCUT2D eigenvalue weighted by Crippen LogP contribution is -2.35. The zero-order valence-corrected chi connectivity index (χ0v) is 10.1. The fourth-order valence-electron chi connectivity index (χ4n) is 1.87. The summed E-state index contributed by atoms with van der Waals surface area (Å²) >= 11 is 0. The number of hydrogen-bond acceptors (Lipinski definition) is 2. The van der Waals surface area contributed by atoms with Crippen molar-refractivity contribution in [2.24, 2.45) is 5.92 Å². The molecule has 1 fully saturated rings. The van der Waals surface area contributed by atoms with Crippen LogP contribution in [0.4, 0.5) is 0 Å². The van der Waals surface area contributed by atoms with Crippen LogP contribution < -0.4 is 5.32 Å². The SMILES string of the molecule is CNC(CCC1CC1)CC(C)(C)OC. The van der Waals surface area contributed by atoms with Crippen LogP contribution in [0.1, 0.15) is 46.0 Å². The maximum Gasteiger partial charge on any atom is 0.0637 e. The van der Waals surface area contributed by atoms with Crippen LogP contribution in [0, 0.1) is 5.92 Å². The third kappa shape index (κ3) is 4.43. The zero-order chi connectivity index (χ0) is 10.6. The Kier molecular flexibility index (Phi) is 4.39. The summed E-state index contributed by atoms with van der Waals surface area (Å²) in [6.07, 6.45) is 6.72. The molecule has 0 spiro atoms. The van der Waals surface area contributed by atoms with Gasteiger partial charge in [0.25, 0.3) is 0 Å². The average molecular weight is 199 g/mol. The molecule has 0 saturated heterocycles. The van der Waals surface area contributed by atoms with Gasteiger partial charge in [-0.05, 0) is 46.1 Å². The van der Waals surface area contributed by atoms with Crippen molar-refractivity contribution < 1.29 is 4.74 Å². The first-order valence-corrected chi connectivity index (χ1v) is 5.80. The minimum absolute atomic E-state index is 0.0111. The minimum atomic E-state index is 0.0111. The summed E-state index contributed by atoms with van der Waals surface area (Å²) in [6, 6.07) is 0.616. The molecule has 0 heterocycles. The second kappa shape index (κ2) is 5.13. The molecule has 1 N–H and O–H groups in total. The summed E-state index contributed by atoms with van der Waals surface area (Å²) in [5, 5.41) is 3.40. The van der Waals surface area contributed by atoms with Gasteiger partial charge >= 0.3 is 0 Å². The lowest BCUT2D eigenvalue weighted by atomic mass is 9.95. The third-order valence-corrected chi connectivity index (χ3v) is 3.32. The Morgan fingerprint density at radius 1 is 1.43 bits per heavy atom. The Hall–Kier alpha value is -0.0800. The molecule has 0 aromatic carbocycles. The van der Waals surface area contributed by atoms with E-state index in [1.165, 1.54) is 25.7 Å². The van der Waals surface area contributed by atoms with Crippen molar-refractivity contribution in [3.8, 4) is 0 Å². The molecular weight excluding hydrogens is 174 g/mol. The predicted molar refractivity (Wildman–Crippen MR) is 60.5 cm³/mol. The van der Waals surface area contributed by atoms with Crippen LogP contribution in [0.2, 0.25) is 0 Å². The summed E-state index contributed by atoms with van der Waals surface area (Å²) in [6.45, 7) is 4.32. The normalized spacial score (nSPS) is 19.7. The topological polar surface area (TPSA) is 21.3 Å². The summed E-state index contributed by atoms with van der Waals surface area (Å²) in [4.78, 5) is 0. The number of rotatable bonds is 7. The van der Waals surface area contributed by atoms with E-state index in [1.807, 2.05) is 0 Å². The lowest BCUT2D eigenvalue weighted by molar-refractivity contribution is 0.00675. The lowest BCUT2D eigenvalue weighted by Gasteiger charge is -2.28. The van der Waals surface area contributed by atoms with Gasteiger partial charge in [-0.1, -0.05) is 12.8 Å². The summed E-state index contributed by atoms with van der Waals surface area (Å²) in [5.41, 5.74) is 0.0111. The van der Waals surface area contributed by atoms with E-state index in [1.54, 1.807) is 7.11 Å². The van der Waals surface area contributed by atoms with E-state index in [-0.39, 0.29) is 5.60 Å². The van der Waals surface area contributed by atoms with E-state index in [9.17, 15) is 0 Å². The molecule has 0 amide bonds. The molecule has 0 aliphatic heterocycles. The van der Waals surface area contributed by atoms with Gasteiger partial charge in [0.1, 0.15) is 0 Å².